The van der Waals surface area contributed by atoms with Crippen LogP contribution in [-0.2, 0) is 14.3 Å². The van der Waals surface area contributed by atoms with Gasteiger partial charge in [0, 0.05) is 31.3 Å². The molecule has 0 unspecified atom stereocenters. The highest BCUT2D eigenvalue weighted by Crippen LogP contribution is 2.13. The lowest BCUT2D eigenvalue weighted by Gasteiger charge is -2.21. The van der Waals surface area contributed by atoms with E-state index in [0.29, 0.717) is 17.8 Å². The molecule has 1 aromatic rings. The van der Waals surface area contributed by atoms with E-state index in [1.165, 1.54) is 18.9 Å². The van der Waals surface area contributed by atoms with Gasteiger partial charge in [-0.1, -0.05) is 12.1 Å². The Morgan fingerprint density at radius 3 is 2.68 bits per heavy atom. The van der Waals surface area contributed by atoms with Gasteiger partial charge in [0.1, 0.15) is 0 Å². The molecular formula is C16H20N2O4. The standard InChI is InChI=1S/C16H20N2O4/c1-4-9-18(10-8-15(20)22-3)16(21)13-6-5-7-14(11-13)17-12(2)19/h4-7,11H,1,8-10H2,2-3H3,(H,17,19). The maximum atomic E-state index is 12.5. The molecule has 0 saturated heterocycles. The zero-order chi connectivity index (χ0) is 16.5. The van der Waals surface area contributed by atoms with Gasteiger partial charge < -0.3 is 15.0 Å². The van der Waals surface area contributed by atoms with Crippen molar-refractivity contribution in [1.29, 1.82) is 0 Å². The van der Waals surface area contributed by atoms with Crippen molar-refractivity contribution >= 4 is 23.5 Å². The molecule has 6 nitrogen and oxygen atoms in total. The molecule has 1 aromatic carbocycles. The van der Waals surface area contributed by atoms with Gasteiger partial charge in [0.2, 0.25) is 5.91 Å². The van der Waals surface area contributed by atoms with Crippen molar-refractivity contribution in [2.45, 2.75) is 13.3 Å². The molecule has 6 heteroatoms. The van der Waals surface area contributed by atoms with E-state index >= 15 is 0 Å². The third kappa shape index (κ3) is 5.40. The molecule has 0 aliphatic carbocycles. The summed E-state index contributed by atoms with van der Waals surface area (Å²) < 4.78 is 4.58. The summed E-state index contributed by atoms with van der Waals surface area (Å²) in [6.45, 7) is 5.57. The second-order valence-corrected chi connectivity index (χ2v) is 4.63. The Balaban J connectivity index is 2.86. The van der Waals surface area contributed by atoms with Crippen LogP contribution in [0.25, 0.3) is 0 Å². The Morgan fingerprint density at radius 2 is 2.09 bits per heavy atom. The number of nitrogens with zero attached hydrogens (tertiary/aromatic N) is 1. The maximum absolute atomic E-state index is 12.5. The first-order valence-corrected chi connectivity index (χ1v) is 6.82. The summed E-state index contributed by atoms with van der Waals surface area (Å²) in [6, 6.07) is 6.63. The highest BCUT2D eigenvalue weighted by molar-refractivity contribution is 5.97. The Hall–Kier alpha value is -2.63. The van der Waals surface area contributed by atoms with Crippen LogP contribution < -0.4 is 5.32 Å². The minimum Gasteiger partial charge on any atom is -0.469 e. The van der Waals surface area contributed by atoms with E-state index in [-0.39, 0.29) is 30.7 Å². The average Bonchev–Trinajstić information content (AvgIpc) is 2.50. The molecule has 0 heterocycles. The van der Waals surface area contributed by atoms with Gasteiger partial charge in [0.05, 0.1) is 13.5 Å². The first-order valence-electron chi connectivity index (χ1n) is 6.82. The molecule has 0 aromatic heterocycles. The van der Waals surface area contributed by atoms with Crippen LogP contribution in [-0.4, -0.2) is 42.9 Å². The number of methoxy groups -OCH3 is 1. The molecule has 0 aliphatic rings. The van der Waals surface area contributed by atoms with Crippen LogP contribution in [0.2, 0.25) is 0 Å². The summed E-state index contributed by atoms with van der Waals surface area (Å²) in [7, 11) is 1.30. The van der Waals surface area contributed by atoms with Gasteiger partial charge in [-0.3, -0.25) is 14.4 Å². The Bertz CT molecular complexity index is 569. The summed E-state index contributed by atoms with van der Waals surface area (Å²) in [6.07, 6.45) is 1.70. The van der Waals surface area contributed by atoms with Crippen LogP contribution in [0.4, 0.5) is 5.69 Å². The number of rotatable bonds is 7. The summed E-state index contributed by atoms with van der Waals surface area (Å²) in [4.78, 5) is 36.3. The average molecular weight is 304 g/mol. The van der Waals surface area contributed by atoms with E-state index in [0.717, 1.165) is 0 Å². The van der Waals surface area contributed by atoms with Crippen molar-refractivity contribution in [3.63, 3.8) is 0 Å². The number of hydrogen-bond donors (Lipinski definition) is 1. The van der Waals surface area contributed by atoms with Gasteiger partial charge in [-0.25, -0.2) is 0 Å². The highest BCUT2D eigenvalue weighted by atomic mass is 16.5. The second-order valence-electron chi connectivity index (χ2n) is 4.63. The first-order chi connectivity index (χ1) is 10.5. The Morgan fingerprint density at radius 1 is 1.36 bits per heavy atom. The predicted octanol–water partition coefficient (Wildman–Crippen LogP) is 1.84. The normalized spacial score (nSPS) is 9.73. The van der Waals surface area contributed by atoms with E-state index in [4.69, 9.17) is 0 Å². The Labute approximate surface area is 129 Å². The van der Waals surface area contributed by atoms with E-state index in [1.807, 2.05) is 0 Å². The van der Waals surface area contributed by atoms with Gasteiger partial charge in [-0.05, 0) is 18.2 Å². The third-order valence-corrected chi connectivity index (χ3v) is 2.88. The van der Waals surface area contributed by atoms with Crippen molar-refractivity contribution in [3.8, 4) is 0 Å². The van der Waals surface area contributed by atoms with Gasteiger partial charge in [0.25, 0.3) is 5.91 Å². The molecule has 0 radical (unpaired) electrons. The molecule has 2 amide bonds. The number of carbonyl (C=O) groups excluding carboxylic acids is 3. The number of ether oxygens (including phenoxy) is 1. The number of benzene rings is 1. The second kappa shape index (κ2) is 8.61. The van der Waals surface area contributed by atoms with Crippen molar-refractivity contribution in [2.75, 3.05) is 25.5 Å². The van der Waals surface area contributed by atoms with Gasteiger partial charge >= 0.3 is 5.97 Å². The fraction of sp³-hybridized carbons (Fsp3) is 0.312. The van der Waals surface area contributed by atoms with Crippen LogP contribution in [0, 0.1) is 0 Å². The minimum atomic E-state index is -0.381. The number of carbonyl (C=O) groups is 3. The molecular weight excluding hydrogens is 284 g/mol. The van der Waals surface area contributed by atoms with Crippen LogP contribution in [0.1, 0.15) is 23.7 Å². The largest absolute Gasteiger partial charge is 0.469 e. The highest BCUT2D eigenvalue weighted by Gasteiger charge is 2.16. The van der Waals surface area contributed by atoms with Crippen molar-refractivity contribution in [1.82, 2.24) is 4.90 Å². The fourth-order valence-corrected chi connectivity index (χ4v) is 1.88. The van der Waals surface area contributed by atoms with Crippen LogP contribution in [0.15, 0.2) is 36.9 Å². The smallest absolute Gasteiger partial charge is 0.307 e. The monoisotopic (exact) mass is 304 g/mol. The number of esters is 1. The molecule has 0 fully saturated rings. The van der Waals surface area contributed by atoms with E-state index in [2.05, 4.69) is 16.6 Å². The quantitative estimate of drug-likeness (QED) is 0.616. The predicted molar refractivity (Wildman–Crippen MR) is 83.5 cm³/mol. The Kier molecular flexibility index (Phi) is 6.82. The van der Waals surface area contributed by atoms with Gasteiger partial charge in [0.15, 0.2) is 0 Å². The molecule has 1 N–H and O–H groups in total. The molecule has 1 rings (SSSR count). The zero-order valence-electron chi connectivity index (χ0n) is 12.8. The third-order valence-electron chi connectivity index (χ3n) is 2.88. The molecule has 118 valence electrons. The van der Waals surface area contributed by atoms with Crippen LogP contribution in [0.5, 0.6) is 0 Å². The SMILES string of the molecule is C=CCN(CCC(=O)OC)C(=O)c1cccc(NC(C)=O)c1. The fourth-order valence-electron chi connectivity index (χ4n) is 1.88. The van der Waals surface area contributed by atoms with Crippen molar-refractivity contribution in [3.05, 3.63) is 42.5 Å². The number of anilines is 1. The molecule has 22 heavy (non-hydrogen) atoms. The number of amides is 2. The van der Waals surface area contributed by atoms with Gasteiger partial charge in [-0.15, -0.1) is 6.58 Å². The summed E-state index contributed by atoms with van der Waals surface area (Å²) in [5, 5.41) is 2.63. The van der Waals surface area contributed by atoms with Crippen LogP contribution in [0.3, 0.4) is 0 Å². The molecule has 0 saturated carbocycles. The lowest BCUT2D eigenvalue weighted by atomic mass is 10.1. The van der Waals surface area contributed by atoms with E-state index in [1.54, 1.807) is 30.3 Å². The summed E-state index contributed by atoms with van der Waals surface area (Å²) >= 11 is 0. The number of nitrogens with one attached hydrogen (secondary N) is 1. The van der Waals surface area contributed by atoms with E-state index < -0.39 is 0 Å². The van der Waals surface area contributed by atoms with Crippen molar-refractivity contribution < 1.29 is 19.1 Å². The number of hydrogen-bond acceptors (Lipinski definition) is 4. The van der Waals surface area contributed by atoms with E-state index in [9.17, 15) is 14.4 Å². The maximum Gasteiger partial charge on any atom is 0.307 e. The summed E-state index contributed by atoms with van der Waals surface area (Å²) in [5.41, 5.74) is 0.975. The molecule has 0 spiro atoms. The lowest BCUT2D eigenvalue weighted by Crippen LogP contribution is -2.33. The van der Waals surface area contributed by atoms with Crippen LogP contribution >= 0.6 is 0 Å². The summed E-state index contributed by atoms with van der Waals surface area (Å²) in [5.74, 6) is -0.830. The van der Waals surface area contributed by atoms with Gasteiger partial charge in [-0.2, -0.15) is 0 Å². The zero-order valence-corrected chi connectivity index (χ0v) is 12.8. The van der Waals surface area contributed by atoms with Crippen molar-refractivity contribution in [2.24, 2.45) is 0 Å². The first kappa shape index (κ1) is 17.4. The molecule has 0 atom stereocenters. The minimum absolute atomic E-state index is 0.113. The topological polar surface area (TPSA) is 75.7 Å². The molecule has 0 bridgehead atoms. The molecule has 0 aliphatic heterocycles. The lowest BCUT2D eigenvalue weighted by molar-refractivity contribution is -0.140.